The van der Waals surface area contributed by atoms with Crippen molar-refractivity contribution in [2.75, 3.05) is 7.11 Å². The molecule has 0 amide bonds. The molecule has 4 rings (SSSR count). The number of rotatable bonds is 9. The van der Waals surface area contributed by atoms with Crippen molar-refractivity contribution in [3.8, 4) is 5.75 Å². The summed E-state index contributed by atoms with van der Waals surface area (Å²) in [4.78, 5) is 0. The van der Waals surface area contributed by atoms with Crippen molar-refractivity contribution in [1.29, 1.82) is 0 Å². The topological polar surface area (TPSA) is 9.23 Å². The molecule has 2 fully saturated rings. The maximum atomic E-state index is 5.23. The Morgan fingerprint density at radius 3 is 1.92 bits per heavy atom. The first-order chi connectivity index (χ1) is 17.4. The molecule has 2 aromatic rings. The smallest absolute Gasteiger partial charge is 0.124 e. The van der Waals surface area contributed by atoms with Gasteiger partial charge in [0.1, 0.15) is 5.75 Å². The van der Waals surface area contributed by atoms with E-state index in [1.165, 1.54) is 60.8 Å². The number of benzene rings is 2. The van der Waals surface area contributed by atoms with Crippen LogP contribution in [0.4, 0.5) is 0 Å². The van der Waals surface area contributed by atoms with Gasteiger partial charge in [0.05, 0.1) is 7.11 Å². The van der Waals surface area contributed by atoms with E-state index in [1.54, 1.807) is 32.8 Å². The zero-order chi connectivity index (χ0) is 26.5. The Bertz CT molecular complexity index is 838. The molecule has 1 nitrogen and oxygen atoms in total. The SMILES string of the molecule is C.CCC(C)c1ccccc1.CCCCCCC1C2CCC(C2)C1CC.COc1c(C)cc(C)cc1C.[Y]. The second-order valence-corrected chi connectivity index (χ2v) is 11.6. The molecule has 5 atom stereocenters. The van der Waals surface area contributed by atoms with Gasteiger partial charge in [0.25, 0.3) is 0 Å². The van der Waals surface area contributed by atoms with Crippen molar-refractivity contribution in [2.45, 2.75) is 126 Å². The molecular formula is C36H60OY. The molecule has 0 aromatic heterocycles. The minimum atomic E-state index is 0. The van der Waals surface area contributed by atoms with Gasteiger partial charge in [-0.25, -0.2) is 0 Å². The summed E-state index contributed by atoms with van der Waals surface area (Å²) in [6, 6.07) is 14.9. The third-order valence-electron chi connectivity index (χ3n) is 8.93. The average Bonchev–Trinajstić information content (AvgIpc) is 3.49. The standard InChI is InChI=1S/C15H28.C10H14O.C10H14.CH4.Y/c1-3-5-6-7-8-15-13-10-9-12(11-13)14(15)4-2;1-7-5-8(2)10(11-4)9(3)6-7;1-3-9(2)10-7-5-4-6-8-10;;/h12-15H,3-11H2,1-2H3;5-6H,1-4H3;4-9H,3H2,1-2H3;1H4;. The molecule has 2 bridgehead atoms. The molecule has 2 aliphatic rings. The first-order valence-corrected chi connectivity index (χ1v) is 15.0. The molecule has 2 saturated carbocycles. The fourth-order valence-corrected chi connectivity index (χ4v) is 6.93. The number of methoxy groups -OCH3 is 1. The van der Waals surface area contributed by atoms with Gasteiger partial charge in [0, 0.05) is 32.7 Å². The van der Waals surface area contributed by atoms with E-state index >= 15 is 0 Å². The van der Waals surface area contributed by atoms with Gasteiger partial charge in [0.15, 0.2) is 0 Å². The van der Waals surface area contributed by atoms with Crippen LogP contribution in [0.2, 0.25) is 0 Å². The molecule has 1 radical (unpaired) electrons. The molecule has 38 heavy (non-hydrogen) atoms. The predicted octanol–water partition coefficient (Wildman–Crippen LogP) is 11.5. The molecular weight excluding hydrogens is 537 g/mol. The summed E-state index contributed by atoms with van der Waals surface area (Å²) >= 11 is 0. The van der Waals surface area contributed by atoms with E-state index in [0.717, 1.165) is 29.4 Å². The molecule has 0 aliphatic heterocycles. The van der Waals surface area contributed by atoms with Gasteiger partial charge in [-0.1, -0.05) is 115 Å². The summed E-state index contributed by atoms with van der Waals surface area (Å²) in [5.74, 6) is 6.24. The molecule has 0 spiro atoms. The molecule has 2 aromatic carbocycles. The summed E-state index contributed by atoms with van der Waals surface area (Å²) in [6.07, 6.45) is 14.8. The van der Waals surface area contributed by atoms with Crippen molar-refractivity contribution in [1.82, 2.24) is 0 Å². The van der Waals surface area contributed by atoms with Gasteiger partial charge in [-0.05, 0) is 99.2 Å². The van der Waals surface area contributed by atoms with E-state index < -0.39 is 0 Å². The zero-order valence-electron chi connectivity index (χ0n) is 25.5. The fraction of sp³-hybridized carbons (Fsp3) is 0.667. The second kappa shape index (κ2) is 20.3. The average molecular weight is 598 g/mol. The van der Waals surface area contributed by atoms with E-state index in [-0.39, 0.29) is 40.1 Å². The van der Waals surface area contributed by atoms with Crippen LogP contribution in [0.25, 0.3) is 0 Å². The van der Waals surface area contributed by atoms with Gasteiger partial charge < -0.3 is 4.74 Å². The quantitative estimate of drug-likeness (QED) is 0.261. The van der Waals surface area contributed by atoms with Crippen LogP contribution >= 0.6 is 0 Å². The zero-order valence-corrected chi connectivity index (χ0v) is 28.3. The number of ether oxygens (including phenoxy) is 1. The molecule has 0 saturated heterocycles. The van der Waals surface area contributed by atoms with Crippen LogP contribution in [-0.4, -0.2) is 7.11 Å². The fourth-order valence-electron chi connectivity index (χ4n) is 6.93. The van der Waals surface area contributed by atoms with Gasteiger partial charge in [-0.3, -0.25) is 0 Å². The first-order valence-electron chi connectivity index (χ1n) is 15.0. The molecule has 5 unspecified atom stereocenters. The Morgan fingerprint density at radius 2 is 1.42 bits per heavy atom. The third kappa shape index (κ3) is 11.4. The monoisotopic (exact) mass is 597 g/mol. The van der Waals surface area contributed by atoms with Crippen molar-refractivity contribution in [2.24, 2.45) is 23.7 Å². The van der Waals surface area contributed by atoms with Crippen LogP contribution in [0.1, 0.15) is 128 Å². The normalized spacial score (nSPS) is 21.6. The van der Waals surface area contributed by atoms with Crippen molar-refractivity contribution in [3.05, 3.63) is 64.7 Å². The maximum absolute atomic E-state index is 5.23. The van der Waals surface area contributed by atoms with Crippen molar-refractivity contribution < 1.29 is 37.4 Å². The van der Waals surface area contributed by atoms with Crippen LogP contribution in [0.15, 0.2) is 42.5 Å². The first kappa shape index (κ1) is 37.3. The molecule has 2 aliphatic carbocycles. The molecule has 2 heteroatoms. The summed E-state index contributed by atoms with van der Waals surface area (Å²) in [7, 11) is 1.71. The Hall–Kier alpha value is -0.656. The Balaban J connectivity index is 0.000000540. The van der Waals surface area contributed by atoms with Gasteiger partial charge in [-0.2, -0.15) is 0 Å². The number of hydrogen-bond acceptors (Lipinski definition) is 1. The second-order valence-electron chi connectivity index (χ2n) is 11.6. The van der Waals surface area contributed by atoms with Crippen LogP contribution in [0, 0.1) is 44.4 Å². The van der Waals surface area contributed by atoms with Gasteiger partial charge in [0.2, 0.25) is 0 Å². The summed E-state index contributed by atoms with van der Waals surface area (Å²) in [5.41, 5.74) is 5.17. The van der Waals surface area contributed by atoms with E-state index in [4.69, 9.17) is 4.74 Å². The summed E-state index contributed by atoms with van der Waals surface area (Å²) in [5, 5.41) is 0. The van der Waals surface area contributed by atoms with Gasteiger partial charge in [-0.15, -0.1) is 0 Å². The number of unbranched alkanes of at least 4 members (excludes halogenated alkanes) is 3. The summed E-state index contributed by atoms with van der Waals surface area (Å²) < 4.78 is 5.23. The molecule has 0 heterocycles. The molecule has 0 N–H and O–H groups in total. The number of hydrogen-bond donors (Lipinski definition) is 0. The minimum absolute atomic E-state index is 0. The van der Waals surface area contributed by atoms with Gasteiger partial charge >= 0.3 is 0 Å². The van der Waals surface area contributed by atoms with E-state index in [2.05, 4.69) is 90.9 Å². The Labute approximate surface area is 263 Å². The summed E-state index contributed by atoms with van der Waals surface area (Å²) in [6.45, 7) is 15.4. The van der Waals surface area contributed by atoms with Crippen LogP contribution < -0.4 is 4.74 Å². The van der Waals surface area contributed by atoms with Crippen molar-refractivity contribution >= 4 is 0 Å². The largest absolute Gasteiger partial charge is 0.496 e. The Kier molecular flexibility index (Phi) is 19.9. The maximum Gasteiger partial charge on any atom is 0.124 e. The number of fused-ring (bicyclic) bond motifs is 2. The van der Waals surface area contributed by atoms with Crippen LogP contribution in [0.3, 0.4) is 0 Å². The van der Waals surface area contributed by atoms with Crippen molar-refractivity contribution in [3.63, 3.8) is 0 Å². The minimum Gasteiger partial charge on any atom is -0.496 e. The number of aryl methyl sites for hydroxylation is 3. The van der Waals surface area contributed by atoms with E-state index in [1.807, 2.05) is 0 Å². The van der Waals surface area contributed by atoms with E-state index in [0.29, 0.717) is 5.92 Å². The Morgan fingerprint density at radius 1 is 0.842 bits per heavy atom. The third-order valence-corrected chi connectivity index (χ3v) is 8.93. The van der Waals surface area contributed by atoms with Crippen LogP contribution in [0.5, 0.6) is 5.75 Å². The predicted molar refractivity (Wildman–Crippen MR) is 166 cm³/mol. The van der Waals surface area contributed by atoms with E-state index in [9.17, 15) is 0 Å². The molecule has 213 valence electrons. The van der Waals surface area contributed by atoms with Crippen LogP contribution in [-0.2, 0) is 32.7 Å².